The Hall–Kier alpha value is -1.08. The minimum Gasteiger partial charge on any atom is -0.422 e. The van der Waals surface area contributed by atoms with Gasteiger partial charge in [-0.15, -0.1) is 0 Å². The van der Waals surface area contributed by atoms with E-state index >= 15 is 0 Å². The van der Waals surface area contributed by atoms with E-state index in [-0.39, 0.29) is 0 Å². The summed E-state index contributed by atoms with van der Waals surface area (Å²) in [5.41, 5.74) is -2.02. The summed E-state index contributed by atoms with van der Waals surface area (Å²) in [7, 11) is 0. The fourth-order valence-corrected chi connectivity index (χ4v) is 3.58. The molecule has 2 fully saturated rings. The summed E-state index contributed by atoms with van der Waals surface area (Å²) in [4.78, 5) is 34.3. The first-order valence-electron chi connectivity index (χ1n) is 5.46. The van der Waals surface area contributed by atoms with Crippen molar-refractivity contribution in [1.29, 1.82) is 0 Å². The first-order valence-corrected chi connectivity index (χ1v) is 6.22. The second-order valence-electron chi connectivity index (χ2n) is 5.11. The normalized spacial score (nSPS) is 31.3. The molecule has 0 aromatic heterocycles. The summed E-state index contributed by atoms with van der Waals surface area (Å²) in [6.07, 6.45) is 0. The van der Waals surface area contributed by atoms with E-state index in [2.05, 4.69) is 0 Å². The minimum atomic E-state index is -2.02. The van der Waals surface area contributed by atoms with Crippen molar-refractivity contribution < 1.29 is 24.0 Å². The molecule has 2 rings (SSSR count). The van der Waals surface area contributed by atoms with Crippen molar-refractivity contribution in [2.24, 2.45) is 11.3 Å². The van der Waals surface area contributed by atoms with Crippen molar-refractivity contribution >= 4 is 35.1 Å². The van der Waals surface area contributed by atoms with Gasteiger partial charge in [0, 0.05) is 25.7 Å². The molecule has 1 aliphatic heterocycles. The highest BCUT2D eigenvalue weighted by atomic mass is 35.5. The molecule has 1 aliphatic carbocycles. The summed E-state index contributed by atoms with van der Waals surface area (Å²) in [6.45, 7) is 3.96. The van der Waals surface area contributed by atoms with Gasteiger partial charge in [-0.25, -0.2) is 0 Å². The predicted molar refractivity (Wildman–Crippen MR) is 63.1 cm³/mol. The van der Waals surface area contributed by atoms with Gasteiger partial charge in [0.25, 0.3) is 5.79 Å². The van der Waals surface area contributed by atoms with E-state index in [1.165, 1.54) is 20.8 Å². The number of carbonyl (C=O) groups excluding carboxylic acids is 2. The van der Waals surface area contributed by atoms with E-state index in [0.717, 1.165) is 0 Å². The quantitative estimate of drug-likeness (QED) is 0.250. The summed E-state index contributed by atoms with van der Waals surface area (Å²) in [6, 6.07) is -1.28. The van der Waals surface area contributed by atoms with Gasteiger partial charge in [0.1, 0.15) is 0 Å². The highest BCUT2D eigenvalue weighted by molar-refractivity contribution is 6.56. The molecule has 1 saturated heterocycles. The minimum absolute atomic E-state index is 0.654. The van der Waals surface area contributed by atoms with Crippen LogP contribution in [0.5, 0.6) is 0 Å². The Labute approximate surface area is 118 Å². The fourth-order valence-electron chi connectivity index (χ4n) is 2.45. The number of hydrogen-bond donors (Lipinski definition) is 0. The topological polar surface area (TPSA) is 95.7 Å². The molecule has 2 atom stereocenters. The number of carbonyl (C=O) groups is 2. The van der Waals surface area contributed by atoms with Crippen molar-refractivity contribution in [3.63, 3.8) is 0 Å². The molecule has 9 heteroatoms. The number of hydrogen-bond acceptors (Lipinski definition) is 6. The number of ether oxygens (including phenoxy) is 2. The number of cyclic esters (lactones) is 2. The third-order valence-electron chi connectivity index (χ3n) is 3.44. The number of alkyl halides is 2. The molecular formula is C10H11Cl2NO6. The molecule has 0 aromatic rings. The van der Waals surface area contributed by atoms with Gasteiger partial charge in [-0.1, -0.05) is 23.2 Å². The Morgan fingerprint density at radius 3 is 2.05 bits per heavy atom. The highest BCUT2D eigenvalue weighted by Crippen LogP contribution is 2.73. The largest absolute Gasteiger partial charge is 0.422 e. The maximum Gasteiger partial charge on any atom is 0.330 e. The summed E-state index contributed by atoms with van der Waals surface area (Å²) < 4.78 is 7.99. The van der Waals surface area contributed by atoms with E-state index in [0.29, 0.717) is 0 Å². The zero-order chi connectivity index (χ0) is 14.8. The first kappa shape index (κ1) is 14.3. The average molecular weight is 312 g/mol. The Bertz CT molecular complexity index is 468. The lowest BCUT2D eigenvalue weighted by Gasteiger charge is -2.33. The van der Waals surface area contributed by atoms with Crippen LogP contribution >= 0.6 is 23.2 Å². The molecule has 1 heterocycles. The molecule has 1 spiro atoms. The smallest absolute Gasteiger partial charge is 0.330 e. The molecule has 19 heavy (non-hydrogen) atoms. The van der Waals surface area contributed by atoms with Crippen molar-refractivity contribution in [3.05, 3.63) is 10.1 Å². The number of halogens is 2. The zero-order valence-electron chi connectivity index (χ0n) is 10.3. The highest BCUT2D eigenvalue weighted by Gasteiger charge is 2.91. The van der Waals surface area contributed by atoms with Crippen LogP contribution < -0.4 is 0 Å². The van der Waals surface area contributed by atoms with Crippen LogP contribution in [0.3, 0.4) is 0 Å². The van der Waals surface area contributed by atoms with Crippen LogP contribution in [-0.4, -0.2) is 33.0 Å². The molecule has 0 N–H and O–H groups in total. The van der Waals surface area contributed by atoms with Gasteiger partial charge in [-0.3, -0.25) is 19.7 Å². The van der Waals surface area contributed by atoms with Gasteiger partial charge in [-0.2, -0.15) is 0 Å². The van der Waals surface area contributed by atoms with Crippen molar-refractivity contribution in [2.45, 2.75) is 36.9 Å². The Kier molecular flexibility index (Phi) is 2.81. The third-order valence-corrected chi connectivity index (χ3v) is 4.50. The number of esters is 2. The molecule has 2 aliphatic rings. The maximum atomic E-state index is 12.0. The number of nitrogens with zero attached hydrogens (tertiary/aromatic N) is 1. The first-order chi connectivity index (χ1) is 8.48. The molecule has 0 radical (unpaired) electrons. The van der Waals surface area contributed by atoms with Gasteiger partial charge in [0.05, 0.1) is 5.92 Å². The van der Waals surface area contributed by atoms with Crippen LogP contribution in [0.25, 0.3) is 0 Å². The van der Waals surface area contributed by atoms with Crippen molar-refractivity contribution in [1.82, 2.24) is 0 Å². The summed E-state index contributed by atoms with van der Waals surface area (Å²) in [5.74, 6) is -4.60. The molecule has 0 amide bonds. The van der Waals surface area contributed by atoms with E-state index in [9.17, 15) is 19.7 Å². The molecule has 0 bridgehead atoms. The Morgan fingerprint density at radius 2 is 1.68 bits per heavy atom. The number of rotatable bonds is 2. The SMILES string of the molecule is C[C@@H]([C@@H]1C(Cl)(Cl)C12C(=O)OC(C)(C)OC2=O)[N+](=O)[O-]. The molecule has 7 nitrogen and oxygen atoms in total. The predicted octanol–water partition coefficient (Wildman–Crippen LogP) is 1.28. The lowest BCUT2D eigenvalue weighted by atomic mass is 9.99. The van der Waals surface area contributed by atoms with Gasteiger partial charge in [0.2, 0.25) is 11.5 Å². The van der Waals surface area contributed by atoms with Gasteiger partial charge < -0.3 is 9.47 Å². The van der Waals surface area contributed by atoms with Crippen LogP contribution in [-0.2, 0) is 19.1 Å². The van der Waals surface area contributed by atoms with Crippen molar-refractivity contribution in [2.75, 3.05) is 0 Å². The lowest BCUT2D eigenvalue weighted by Crippen LogP contribution is -2.50. The molecule has 1 saturated carbocycles. The van der Waals surface area contributed by atoms with E-state index in [1.54, 1.807) is 0 Å². The van der Waals surface area contributed by atoms with Crippen LogP contribution in [0.2, 0.25) is 0 Å². The van der Waals surface area contributed by atoms with Gasteiger partial charge >= 0.3 is 11.9 Å². The van der Waals surface area contributed by atoms with Crippen molar-refractivity contribution in [3.8, 4) is 0 Å². The Morgan fingerprint density at radius 1 is 1.26 bits per heavy atom. The molecule has 106 valence electrons. The second-order valence-corrected chi connectivity index (χ2v) is 6.50. The maximum absolute atomic E-state index is 12.0. The second kappa shape index (κ2) is 3.73. The molecule has 0 aromatic carbocycles. The van der Waals surface area contributed by atoms with Crippen LogP contribution in [0, 0.1) is 21.4 Å². The van der Waals surface area contributed by atoms with Crippen LogP contribution in [0.15, 0.2) is 0 Å². The van der Waals surface area contributed by atoms with Gasteiger partial charge in [0.15, 0.2) is 4.33 Å². The molecular weight excluding hydrogens is 301 g/mol. The van der Waals surface area contributed by atoms with E-state index < -0.39 is 44.4 Å². The zero-order valence-corrected chi connectivity index (χ0v) is 11.8. The average Bonchev–Trinajstić information content (AvgIpc) is 2.71. The monoisotopic (exact) mass is 311 g/mol. The fraction of sp³-hybridized carbons (Fsp3) is 0.800. The van der Waals surface area contributed by atoms with Crippen LogP contribution in [0.1, 0.15) is 20.8 Å². The van der Waals surface area contributed by atoms with E-state index in [4.69, 9.17) is 32.7 Å². The van der Waals surface area contributed by atoms with Crippen LogP contribution in [0.4, 0.5) is 0 Å². The third kappa shape index (κ3) is 1.64. The lowest BCUT2D eigenvalue weighted by molar-refractivity contribution is -0.523. The standard InChI is InChI=1S/C10H11Cl2NO6/c1-4(13(16)17)5-9(10(5,11)12)6(14)18-8(2,3)19-7(9)15/h4-5H,1-3H3/t4-,5-/m0/s1. The van der Waals surface area contributed by atoms with E-state index in [1.807, 2.05) is 0 Å². The Balaban J connectivity index is 2.42. The number of nitro groups is 1. The summed E-state index contributed by atoms with van der Waals surface area (Å²) in [5, 5.41) is 10.8. The van der Waals surface area contributed by atoms with Gasteiger partial charge in [-0.05, 0) is 0 Å². The summed E-state index contributed by atoms with van der Waals surface area (Å²) >= 11 is 11.8. The molecule has 0 unspecified atom stereocenters.